The quantitative estimate of drug-likeness (QED) is 0.815. The summed E-state index contributed by atoms with van der Waals surface area (Å²) in [7, 11) is 0. The maximum absolute atomic E-state index is 13.1. The number of nitrogens with zero attached hydrogens (tertiary/aromatic N) is 2. The molecule has 3 fully saturated rings. The van der Waals surface area contributed by atoms with Crippen LogP contribution < -0.4 is 4.90 Å². The number of carbonyl (C=O) groups excluding carboxylic acids is 2. The van der Waals surface area contributed by atoms with Gasteiger partial charge in [-0.2, -0.15) is 0 Å². The highest BCUT2D eigenvalue weighted by Gasteiger charge is 2.47. The zero-order chi connectivity index (χ0) is 18.4. The molecular formula is C20H26N2O4. The van der Waals surface area contributed by atoms with Crippen LogP contribution in [-0.4, -0.2) is 54.3 Å². The number of ether oxygens (including phenoxy) is 2. The van der Waals surface area contributed by atoms with Gasteiger partial charge in [-0.05, 0) is 51.0 Å². The summed E-state index contributed by atoms with van der Waals surface area (Å²) in [5.41, 5.74) is 0.888. The smallest absolute Gasteiger partial charge is 0.414 e. The molecule has 3 aliphatic rings. The molecular weight excluding hydrogens is 332 g/mol. The first-order chi connectivity index (χ1) is 12.4. The van der Waals surface area contributed by atoms with Gasteiger partial charge in [0.1, 0.15) is 6.61 Å². The fourth-order valence-electron chi connectivity index (χ4n) is 4.53. The number of hydrogen-bond donors (Lipinski definition) is 0. The minimum atomic E-state index is -0.336. The van der Waals surface area contributed by atoms with Gasteiger partial charge in [0.15, 0.2) is 0 Å². The molecule has 1 aromatic carbocycles. The van der Waals surface area contributed by atoms with Crippen molar-refractivity contribution in [2.24, 2.45) is 0 Å². The molecule has 26 heavy (non-hydrogen) atoms. The minimum Gasteiger partial charge on any atom is -0.447 e. The summed E-state index contributed by atoms with van der Waals surface area (Å²) in [5, 5.41) is 0. The molecule has 6 heteroatoms. The second-order valence-electron chi connectivity index (χ2n) is 8.23. The van der Waals surface area contributed by atoms with Crippen LogP contribution in [0.4, 0.5) is 10.5 Å². The summed E-state index contributed by atoms with van der Waals surface area (Å²) in [6.07, 6.45) is 4.05. The predicted molar refractivity (Wildman–Crippen MR) is 97.4 cm³/mol. The maximum Gasteiger partial charge on any atom is 0.414 e. The largest absolute Gasteiger partial charge is 0.447 e. The molecule has 2 heterocycles. The Labute approximate surface area is 154 Å². The zero-order valence-electron chi connectivity index (χ0n) is 15.5. The molecule has 1 aliphatic carbocycles. The van der Waals surface area contributed by atoms with Crippen molar-refractivity contribution in [3.05, 3.63) is 29.8 Å². The molecule has 0 N–H and O–H groups in total. The monoisotopic (exact) mass is 358 g/mol. The van der Waals surface area contributed by atoms with Crippen LogP contribution in [-0.2, 0) is 9.47 Å². The molecule has 2 amide bonds. The number of benzene rings is 1. The van der Waals surface area contributed by atoms with E-state index < -0.39 is 0 Å². The molecule has 140 valence electrons. The van der Waals surface area contributed by atoms with E-state index in [2.05, 4.69) is 13.8 Å². The fourth-order valence-corrected chi connectivity index (χ4v) is 4.53. The van der Waals surface area contributed by atoms with Crippen LogP contribution in [0, 0.1) is 0 Å². The maximum atomic E-state index is 13.1. The van der Waals surface area contributed by atoms with Crippen molar-refractivity contribution >= 4 is 17.7 Å². The average Bonchev–Trinajstić information content (AvgIpc) is 3.22. The van der Waals surface area contributed by atoms with Crippen molar-refractivity contribution in [3.8, 4) is 0 Å². The van der Waals surface area contributed by atoms with Crippen LogP contribution in [0.5, 0.6) is 0 Å². The van der Waals surface area contributed by atoms with E-state index in [4.69, 9.17) is 9.47 Å². The number of rotatable bonds is 2. The molecule has 2 aliphatic heterocycles. The number of amides is 2. The van der Waals surface area contributed by atoms with Crippen molar-refractivity contribution in [3.63, 3.8) is 0 Å². The molecule has 1 aromatic rings. The molecule has 2 saturated heterocycles. The Kier molecular flexibility index (Phi) is 4.18. The minimum absolute atomic E-state index is 0.0307. The van der Waals surface area contributed by atoms with Crippen molar-refractivity contribution in [1.82, 2.24) is 4.90 Å². The third kappa shape index (κ3) is 3.18. The molecule has 0 aromatic heterocycles. The van der Waals surface area contributed by atoms with Crippen LogP contribution in [0.25, 0.3) is 0 Å². The number of carbonyl (C=O) groups is 2. The van der Waals surface area contributed by atoms with Gasteiger partial charge in [-0.1, -0.05) is 12.8 Å². The van der Waals surface area contributed by atoms with Crippen LogP contribution in [0.15, 0.2) is 24.3 Å². The number of anilines is 1. The normalized spacial score (nSPS) is 24.2. The number of hydrogen-bond acceptors (Lipinski definition) is 4. The van der Waals surface area contributed by atoms with Crippen molar-refractivity contribution in [2.75, 3.05) is 31.1 Å². The summed E-state index contributed by atoms with van der Waals surface area (Å²) in [6, 6.07) is 7.23. The van der Waals surface area contributed by atoms with Gasteiger partial charge in [0, 0.05) is 17.8 Å². The molecule has 1 saturated carbocycles. The molecule has 0 atom stereocenters. The highest BCUT2D eigenvalue weighted by Crippen LogP contribution is 2.41. The van der Waals surface area contributed by atoms with Crippen LogP contribution >= 0.6 is 0 Å². The van der Waals surface area contributed by atoms with Crippen molar-refractivity contribution in [1.29, 1.82) is 0 Å². The summed E-state index contributed by atoms with van der Waals surface area (Å²) in [4.78, 5) is 28.3. The predicted octanol–water partition coefficient (Wildman–Crippen LogP) is 3.21. The third-order valence-corrected chi connectivity index (χ3v) is 5.53. The van der Waals surface area contributed by atoms with Crippen LogP contribution in [0.2, 0.25) is 0 Å². The SMILES string of the molecule is CC1(C)CN(C(=O)c2ccc(N3CCOC3=O)cc2)CC2(CCCC2)O1. The molecule has 0 bridgehead atoms. The summed E-state index contributed by atoms with van der Waals surface area (Å²) in [5.74, 6) is 0.0307. The Bertz CT molecular complexity index is 707. The summed E-state index contributed by atoms with van der Waals surface area (Å²) >= 11 is 0. The van der Waals surface area contributed by atoms with Gasteiger partial charge in [-0.15, -0.1) is 0 Å². The number of morpholine rings is 1. The van der Waals surface area contributed by atoms with E-state index in [-0.39, 0.29) is 23.2 Å². The second-order valence-corrected chi connectivity index (χ2v) is 8.23. The van der Waals surface area contributed by atoms with E-state index in [0.29, 0.717) is 31.8 Å². The molecule has 0 radical (unpaired) electrons. The lowest BCUT2D eigenvalue weighted by atomic mass is 9.93. The van der Waals surface area contributed by atoms with Gasteiger partial charge in [0.25, 0.3) is 5.91 Å². The lowest BCUT2D eigenvalue weighted by molar-refractivity contribution is -0.184. The summed E-state index contributed by atoms with van der Waals surface area (Å²) < 4.78 is 11.4. The second kappa shape index (κ2) is 6.27. The fraction of sp³-hybridized carbons (Fsp3) is 0.600. The first-order valence-corrected chi connectivity index (χ1v) is 9.41. The topological polar surface area (TPSA) is 59.1 Å². The lowest BCUT2D eigenvalue weighted by Crippen LogP contribution is -2.60. The molecule has 0 unspecified atom stereocenters. The van der Waals surface area contributed by atoms with E-state index in [1.54, 1.807) is 17.0 Å². The van der Waals surface area contributed by atoms with Gasteiger partial charge in [-0.3, -0.25) is 9.69 Å². The Hall–Kier alpha value is -2.08. The van der Waals surface area contributed by atoms with Gasteiger partial charge < -0.3 is 14.4 Å². The zero-order valence-corrected chi connectivity index (χ0v) is 15.5. The van der Waals surface area contributed by atoms with Crippen LogP contribution in [0.3, 0.4) is 0 Å². The first kappa shape index (κ1) is 17.3. The van der Waals surface area contributed by atoms with Gasteiger partial charge in [0.2, 0.25) is 0 Å². The molecule has 1 spiro atoms. The van der Waals surface area contributed by atoms with Crippen LogP contribution in [0.1, 0.15) is 49.9 Å². The highest BCUT2D eigenvalue weighted by molar-refractivity contribution is 5.96. The molecule has 6 nitrogen and oxygen atoms in total. The van der Waals surface area contributed by atoms with Crippen molar-refractivity contribution < 1.29 is 19.1 Å². The van der Waals surface area contributed by atoms with Gasteiger partial charge >= 0.3 is 6.09 Å². The standard InChI is InChI=1S/C20H26N2O4/c1-19(2)13-21(14-20(26-19)9-3-4-10-20)17(23)15-5-7-16(8-6-15)22-11-12-25-18(22)24/h5-8H,3-4,9-14H2,1-2H3. The van der Waals surface area contributed by atoms with E-state index in [0.717, 1.165) is 18.5 Å². The first-order valence-electron chi connectivity index (χ1n) is 9.41. The van der Waals surface area contributed by atoms with Gasteiger partial charge in [-0.25, -0.2) is 4.79 Å². The van der Waals surface area contributed by atoms with E-state index in [9.17, 15) is 9.59 Å². The Morgan fingerprint density at radius 1 is 1.08 bits per heavy atom. The van der Waals surface area contributed by atoms with Crippen molar-refractivity contribution in [2.45, 2.75) is 50.7 Å². The Morgan fingerprint density at radius 3 is 2.38 bits per heavy atom. The Balaban J connectivity index is 1.52. The van der Waals surface area contributed by atoms with E-state index >= 15 is 0 Å². The van der Waals surface area contributed by atoms with Gasteiger partial charge in [0.05, 0.1) is 24.3 Å². The summed E-state index contributed by atoms with van der Waals surface area (Å²) in [6.45, 7) is 6.34. The molecule has 4 rings (SSSR count). The van der Waals surface area contributed by atoms with E-state index in [1.807, 2.05) is 17.0 Å². The third-order valence-electron chi connectivity index (χ3n) is 5.53. The Morgan fingerprint density at radius 2 is 1.77 bits per heavy atom. The average molecular weight is 358 g/mol. The lowest BCUT2D eigenvalue weighted by Gasteiger charge is -2.48. The van der Waals surface area contributed by atoms with E-state index in [1.165, 1.54) is 12.8 Å². The highest BCUT2D eigenvalue weighted by atomic mass is 16.6. The number of cyclic esters (lactones) is 1.